The fourth-order valence-corrected chi connectivity index (χ4v) is 2.53. The first-order chi connectivity index (χ1) is 7.66. The lowest BCUT2D eigenvalue weighted by atomic mass is 9.89. The predicted molar refractivity (Wildman–Crippen MR) is 68.1 cm³/mol. The quantitative estimate of drug-likeness (QED) is 0.825. The van der Waals surface area contributed by atoms with Gasteiger partial charge in [0.25, 0.3) is 0 Å². The molecule has 0 aromatic heterocycles. The third-order valence-electron chi connectivity index (χ3n) is 3.74. The maximum atomic E-state index is 6.14. The Hall–Kier alpha value is -0.860. The predicted octanol–water partition coefficient (Wildman–Crippen LogP) is 2.24. The molecule has 3 atom stereocenters. The SMILES string of the molecule is C[C@@H]1C[C@H](C)N(Cc2ccccc2)C[C@@H]1N. The van der Waals surface area contributed by atoms with Crippen molar-refractivity contribution in [2.75, 3.05) is 6.54 Å². The number of nitrogens with two attached hydrogens (primary N) is 1. The molecular formula is C14H22N2. The molecule has 2 rings (SSSR count). The van der Waals surface area contributed by atoms with Crippen LogP contribution in [0.3, 0.4) is 0 Å². The van der Waals surface area contributed by atoms with E-state index in [4.69, 9.17) is 5.73 Å². The minimum Gasteiger partial charge on any atom is -0.326 e. The van der Waals surface area contributed by atoms with Crippen LogP contribution in [0, 0.1) is 5.92 Å². The molecule has 2 heteroatoms. The number of hydrogen-bond donors (Lipinski definition) is 1. The van der Waals surface area contributed by atoms with Gasteiger partial charge in [0.05, 0.1) is 0 Å². The molecule has 2 N–H and O–H groups in total. The molecule has 16 heavy (non-hydrogen) atoms. The molecule has 1 fully saturated rings. The highest BCUT2D eigenvalue weighted by Crippen LogP contribution is 2.23. The van der Waals surface area contributed by atoms with Gasteiger partial charge in [0, 0.05) is 25.2 Å². The summed E-state index contributed by atoms with van der Waals surface area (Å²) in [7, 11) is 0. The zero-order chi connectivity index (χ0) is 11.5. The normalized spacial score (nSPS) is 31.6. The lowest BCUT2D eigenvalue weighted by Crippen LogP contribution is -2.51. The summed E-state index contributed by atoms with van der Waals surface area (Å²) in [5.41, 5.74) is 7.53. The first kappa shape index (κ1) is 11.6. The molecule has 0 radical (unpaired) electrons. The van der Waals surface area contributed by atoms with Crippen LogP contribution in [-0.4, -0.2) is 23.5 Å². The molecule has 0 amide bonds. The second-order valence-corrected chi connectivity index (χ2v) is 5.14. The molecular weight excluding hydrogens is 196 g/mol. The van der Waals surface area contributed by atoms with E-state index >= 15 is 0 Å². The Labute approximate surface area is 98.4 Å². The monoisotopic (exact) mass is 218 g/mol. The molecule has 1 saturated heterocycles. The fraction of sp³-hybridized carbons (Fsp3) is 0.571. The first-order valence-corrected chi connectivity index (χ1v) is 6.20. The van der Waals surface area contributed by atoms with Gasteiger partial charge in [-0.2, -0.15) is 0 Å². The lowest BCUT2D eigenvalue weighted by molar-refractivity contribution is 0.104. The molecule has 1 aromatic carbocycles. The maximum absolute atomic E-state index is 6.14. The number of rotatable bonds is 2. The summed E-state index contributed by atoms with van der Waals surface area (Å²) < 4.78 is 0. The molecule has 1 aliphatic heterocycles. The summed E-state index contributed by atoms with van der Waals surface area (Å²) in [6.45, 7) is 6.63. The van der Waals surface area contributed by atoms with Crippen LogP contribution in [0.4, 0.5) is 0 Å². The van der Waals surface area contributed by atoms with Gasteiger partial charge in [-0.3, -0.25) is 4.90 Å². The van der Waals surface area contributed by atoms with Gasteiger partial charge >= 0.3 is 0 Å². The van der Waals surface area contributed by atoms with E-state index in [0.29, 0.717) is 18.0 Å². The van der Waals surface area contributed by atoms with Gasteiger partial charge < -0.3 is 5.73 Å². The van der Waals surface area contributed by atoms with Crippen LogP contribution in [0.15, 0.2) is 30.3 Å². The summed E-state index contributed by atoms with van der Waals surface area (Å²) >= 11 is 0. The van der Waals surface area contributed by atoms with Crippen molar-refractivity contribution >= 4 is 0 Å². The smallest absolute Gasteiger partial charge is 0.0237 e. The number of benzene rings is 1. The average molecular weight is 218 g/mol. The van der Waals surface area contributed by atoms with Gasteiger partial charge in [-0.1, -0.05) is 37.3 Å². The Morgan fingerprint density at radius 1 is 1.25 bits per heavy atom. The molecule has 0 spiro atoms. The molecule has 0 unspecified atom stereocenters. The molecule has 1 aliphatic rings. The van der Waals surface area contributed by atoms with E-state index in [-0.39, 0.29) is 0 Å². The second kappa shape index (κ2) is 4.98. The van der Waals surface area contributed by atoms with Crippen LogP contribution in [0.5, 0.6) is 0 Å². The highest BCUT2D eigenvalue weighted by atomic mass is 15.2. The Kier molecular flexibility index (Phi) is 3.62. The highest BCUT2D eigenvalue weighted by molar-refractivity contribution is 5.14. The van der Waals surface area contributed by atoms with Crippen LogP contribution in [0.2, 0.25) is 0 Å². The van der Waals surface area contributed by atoms with Crippen molar-refractivity contribution in [3.8, 4) is 0 Å². The van der Waals surface area contributed by atoms with E-state index in [0.717, 1.165) is 13.1 Å². The van der Waals surface area contributed by atoms with Crippen molar-refractivity contribution in [1.29, 1.82) is 0 Å². The zero-order valence-electron chi connectivity index (χ0n) is 10.3. The number of piperidine rings is 1. The summed E-state index contributed by atoms with van der Waals surface area (Å²) in [6, 6.07) is 11.6. The number of nitrogens with zero attached hydrogens (tertiary/aromatic N) is 1. The van der Waals surface area contributed by atoms with E-state index in [1.54, 1.807) is 0 Å². The van der Waals surface area contributed by atoms with Gasteiger partial charge in [-0.15, -0.1) is 0 Å². The first-order valence-electron chi connectivity index (χ1n) is 6.20. The van der Waals surface area contributed by atoms with E-state index in [2.05, 4.69) is 49.1 Å². The molecule has 1 aromatic rings. The molecule has 0 aliphatic carbocycles. The van der Waals surface area contributed by atoms with Gasteiger partial charge in [0.1, 0.15) is 0 Å². The lowest BCUT2D eigenvalue weighted by Gasteiger charge is -2.40. The minimum absolute atomic E-state index is 0.333. The van der Waals surface area contributed by atoms with E-state index in [1.807, 2.05) is 0 Å². The second-order valence-electron chi connectivity index (χ2n) is 5.14. The summed E-state index contributed by atoms with van der Waals surface area (Å²) in [5, 5.41) is 0. The Bertz CT molecular complexity index is 323. The number of likely N-dealkylation sites (tertiary alicyclic amines) is 1. The van der Waals surface area contributed by atoms with Crippen LogP contribution >= 0.6 is 0 Å². The van der Waals surface area contributed by atoms with E-state index in [1.165, 1.54) is 12.0 Å². The molecule has 0 saturated carbocycles. The van der Waals surface area contributed by atoms with Crippen molar-refractivity contribution in [2.24, 2.45) is 11.7 Å². The third-order valence-corrected chi connectivity index (χ3v) is 3.74. The van der Waals surface area contributed by atoms with E-state index in [9.17, 15) is 0 Å². The minimum atomic E-state index is 0.333. The summed E-state index contributed by atoms with van der Waals surface area (Å²) in [5.74, 6) is 0.655. The number of hydrogen-bond acceptors (Lipinski definition) is 2. The van der Waals surface area contributed by atoms with Gasteiger partial charge in [0.15, 0.2) is 0 Å². The Morgan fingerprint density at radius 2 is 1.94 bits per heavy atom. The molecule has 0 bridgehead atoms. The van der Waals surface area contributed by atoms with Crippen molar-refractivity contribution < 1.29 is 0 Å². The largest absolute Gasteiger partial charge is 0.326 e. The van der Waals surface area contributed by atoms with Crippen molar-refractivity contribution in [3.63, 3.8) is 0 Å². The topological polar surface area (TPSA) is 29.3 Å². The van der Waals surface area contributed by atoms with Crippen molar-refractivity contribution in [2.45, 2.75) is 38.9 Å². The van der Waals surface area contributed by atoms with E-state index < -0.39 is 0 Å². The Morgan fingerprint density at radius 3 is 2.62 bits per heavy atom. The fourth-order valence-electron chi connectivity index (χ4n) is 2.53. The van der Waals surface area contributed by atoms with Crippen molar-refractivity contribution in [3.05, 3.63) is 35.9 Å². The van der Waals surface area contributed by atoms with Crippen LogP contribution in [-0.2, 0) is 6.54 Å². The standard InChI is InChI=1S/C14H22N2/c1-11-8-12(2)16(10-14(11)15)9-13-6-4-3-5-7-13/h3-7,11-12,14H,8-10,15H2,1-2H3/t11-,12+,14+/m1/s1. The van der Waals surface area contributed by atoms with Gasteiger partial charge in [0.2, 0.25) is 0 Å². The molecule has 88 valence electrons. The van der Waals surface area contributed by atoms with Crippen molar-refractivity contribution in [1.82, 2.24) is 4.90 Å². The Balaban J connectivity index is 2.00. The summed E-state index contributed by atoms with van der Waals surface area (Å²) in [6.07, 6.45) is 1.22. The molecule has 2 nitrogen and oxygen atoms in total. The van der Waals surface area contributed by atoms with Crippen LogP contribution in [0.1, 0.15) is 25.8 Å². The van der Waals surface area contributed by atoms with Crippen LogP contribution < -0.4 is 5.73 Å². The molecule has 1 heterocycles. The van der Waals surface area contributed by atoms with Gasteiger partial charge in [-0.25, -0.2) is 0 Å². The van der Waals surface area contributed by atoms with Gasteiger partial charge in [-0.05, 0) is 24.8 Å². The highest BCUT2D eigenvalue weighted by Gasteiger charge is 2.28. The third kappa shape index (κ3) is 2.63. The summed E-state index contributed by atoms with van der Waals surface area (Å²) in [4.78, 5) is 2.50. The zero-order valence-corrected chi connectivity index (χ0v) is 10.3. The maximum Gasteiger partial charge on any atom is 0.0237 e. The average Bonchev–Trinajstić information content (AvgIpc) is 2.27. The van der Waals surface area contributed by atoms with Crippen LogP contribution in [0.25, 0.3) is 0 Å².